The summed E-state index contributed by atoms with van der Waals surface area (Å²) in [6.07, 6.45) is 0. The molecule has 4 nitrogen and oxygen atoms in total. The smallest absolute Gasteiger partial charge is 0.254 e. The van der Waals surface area contributed by atoms with Crippen LogP contribution in [0.3, 0.4) is 0 Å². The first-order chi connectivity index (χ1) is 13.8. The van der Waals surface area contributed by atoms with Crippen LogP contribution in [0.4, 0.5) is 5.69 Å². The molecule has 0 aromatic heterocycles. The van der Waals surface area contributed by atoms with E-state index in [-0.39, 0.29) is 5.91 Å². The Morgan fingerprint density at radius 2 is 1.43 bits per heavy atom. The number of anilines is 1. The molecule has 1 amide bonds. The molecule has 1 aliphatic heterocycles. The van der Waals surface area contributed by atoms with E-state index >= 15 is 0 Å². The number of benzene rings is 3. The second-order valence-electron chi connectivity index (χ2n) is 6.86. The number of carbonyl (C=O) groups is 1. The molecule has 0 N–H and O–H groups in total. The van der Waals surface area contributed by atoms with Gasteiger partial charge in [0, 0.05) is 31.7 Å². The highest BCUT2D eigenvalue weighted by atomic mass is 16.5. The number of carbonyl (C=O) groups excluding carboxylic acids is 1. The van der Waals surface area contributed by atoms with Gasteiger partial charge in [-0.3, -0.25) is 4.79 Å². The number of hydrogen-bond acceptors (Lipinski definition) is 3. The van der Waals surface area contributed by atoms with E-state index in [1.807, 2.05) is 77.7 Å². The van der Waals surface area contributed by atoms with Crippen LogP contribution in [0.1, 0.15) is 10.4 Å². The van der Waals surface area contributed by atoms with Gasteiger partial charge in [0.05, 0.1) is 12.8 Å². The maximum absolute atomic E-state index is 13.2. The molecule has 3 aromatic carbocycles. The summed E-state index contributed by atoms with van der Waals surface area (Å²) < 4.78 is 5.48. The summed E-state index contributed by atoms with van der Waals surface area (Å²) in [5, 5.41) is 0. The van der Waals surface area contributed by atoms with Crippen molar-refractivity contribution in [2.75, 3.05) is 38.2 Å². The fraction of sp³-hybridized carbons (Fsp3) is 0.208. The lowest BCUT2D eigenvalue weighted by Crippen LogP contribution is -2.49. The average Bonchev–Trinajstić information content (AvgIpc) is 2.79. The number of methoxy groups -OCH3 is 1. The molecule has 1 aliphatic rings. The highest BCUT2D eigenvalue weighted by molar-refractivity contribution is 6.01. The molecular formula is C24H24N2O2. The van der Waals surface area contributed by atoms with E-state index in [1.54, 1.807) is 7.11 Å². The molecule has 0 atom stereocenters. The van der Waals surface area contributed by atoms with Crippen molar-refractivity contribution in [3.8, 4) is 16.9 Å². The number of rotatable bonds is 4. The van der Waals surface area contributed by atoms with Crippen LogP contribution in [0, 0.1) is 0 Å². The Hall–Kier alpha value is -3.27. The molecule has 28 heavy (non-hydrogen) atoms. The molecule has 4 rings (SSSR count). The molecule has 142 valence electrons. The molecule has 1 heterocycles. The molecule has 0 saturated carbocycles. The minimum atomic E-state index is 0.0964. The predicted octanol–water partition coefficient (Wildman–Crippen LogP) is 4.32. The lowest BCUT2D eigenvalue weighted by atomic mass is 9.98. The van der Waals surface area contributed by atoms with Crippen LogP contribution in [0.2, 0.25) is 0 Å². The van der Waals surface area contributed by atoms with Gasteiger partial charge in [0.15, 0.2) is 0 Å². The minimum absolute atomic E-state index is 0.0964. The molecule has 3 aromatic rings. The summed E-state index contributed by atoms with van der Waals surface area (Å²) in [4.78, 5) is 17.5. The summed E-state index contributed by atoms with van der Waals surface area (Å²) in [6.45, 7) is 2.97. The summed E-state index contributed by atoms with van der Waals surface area (Å²) in [5.41, 5.74) is 3.90. The van der Waals surface area contributed by atoms with Gasteiger partial charge in [0.25, 0.3) is 5.91 Å². The van der Waals surface area contributed by atoms with E-state index in [0.29, 0.717) is 13.1 Å². The number of hydrogen-bond donors (Lipinski definition) is 0. The first kappa shape index (κ1) is 18.1. The van der Waals surface area contributed by atoms with Gasteiger partial charge < -0.3 is 14.5 Å². The van der Waals surface area contributed by atoms with Crippen molar-refractivity contribution in [3.05, 3.63) is 84.4 Å². The second kappa shape index (κ2) is 8.17. The van der Waals surface area contributed by atoms with Gasteiger partial charge in [0.1, 0.15) is 5.75 Å². The van der Waals surface area contributed by atoms with Crippen molar-refractivity contribution in [1.29, 1.82) is 0 Å². The Balaban J connectivity index is 1.51. The van der Waals surface area contributed by atoms with Crippen LogP contribution in [0.25, 0.3) is 11.1 Å². The summed E-state index contributed by atoms with van der Waals surface area (Å²) in [6, 6.07) is 26.0. The Morgan fingerprint density at radius 3 is 2.18 bits per heavy atom. The van der Waals surface area contributed by atoms with Crippen LogP contribution in [-0.4, -0.2) is 44.1 Å². The maximum Gasteiger partial charge on any atom is 0.254 e. The molecule has 4 heteroatoms. The number of nitrogens with zero attached hydrogens (tertiary/aromatic N) is 2. The zero-order valence-electron chi connectivity index (χ0n) is 16.0. The third-order valence-electron chi connectivity index (χ3n) is 5.24. The molecule has 1 saturated heterocycles. The lowest BCUT2D eigenvalue weighted by molar-refractivity contribution is 0.0747. The SMILES string of the molecule is COc1ccccc1N1CCN(C(=O)c2ccccc2-c2ccccc2)CC1. The molecule has 0 unspecified atom stereocenters. The van der Waals surface area contributed by atoms with E-state index in [0.717, 1.165) is 41.2 Å². The normalized spacial score (nSPS) is 14.0. The summed E-state index contributed by atoms with van der Waals surface area (Å²) in [7, 11) is 1.69. The first-order valence-electron chi connectivity index (χ1n) is 9.59. The Labute approximate surface area is 166 Å². The van der Waals surface area contributed by atoms with E-state index in [2.05, 4.69) is 11.0 Å². The van der Waals surface area contributed by atoms with E-state index < -0.39 is 0 Å². The summed E-state index contributed by atoms with van der Waals surface area (Å²) in [5.74, 6) is 0.968. The third kappa shape index (κ3) is 3.58. The van der Waals surface area contributed by atoms with Gasteiger partial charge in [0.2, 0.25) is 0 Å². The highest BCUT2D eigenvalue weighted by Crippen LogP contribution is 2.29. The Morgan fingerprint density at radius 1 is 0.786 bits per heavy atom. The van der Waals surface area contributed by atoms with Gasteiger partial charge in [-0.25, -0.2) is 0 Å². The van der Waals surface area contributed by atoms with Crippen molar-refractivity contribution in [1.82, 2.24) is 4.90 Å². The van der Waals surface area contributed by atoms with E-state index in [9.17, 15) is 4.79 Å². The van der Waals surface area contributed by atoms with Crippen molar-refractivity contribution in [2.24, 2.45) is 0 Å². The number of amides is 1. The van der Waals surface area contributed by atoms with Gasteiger partial charge in [-0.15, -0.1) is 0 Å². The summed E-state index contributed by atoms with van der Waals surface area (Å²) >= 11 is 0. The fourth-order valence-electron chi connectivity index (χ4n) is 3.75. The third-order valence-corrected chi connectivity index (χ3v) is 5.24. The molecule has 1 fully saturated rings. The molecular weight excluding hydrogens is 348 g/mol. The van der Waals surface area contributed by atoms with Crippen molar-refractivity contribution in [3.63, 3.8) is 0 Å². The van der Waals surface area contributed by atoms with Crippen LogP contribution in [0.15, 0.2) is 78.9 Å². The second-order valence-corrected chi connectivity index (χ2v) is 6.86. The number of ether oxygens (including phenoxy) is 1. The van der Waals surface area contributed by atoms with E-state index in [4.69, 9.17) is 4.74 Å². The van der Waals surface area contributed by atoms with Crippen LogP contribution >= 0.6 is 0 Å². The predicted molar refractivity (Wildman–Crippen MR) is 113 cm³/mol. The standard InChI is InChI=1S/C24H24N2O2/c1-28-23-14-8-7-13-22(23)25-15-17-26(18-16-25)24(27)21-12-6-5-11-20(21)19-9-3-2-4-10-19/h2-14H,15-18H2,1H3. The van der Waals surface area contributed by atoms with Crippen molar-refractivity contribution in [2.45, 2.75) is 0 Å². The largest absolute Gasteiger partial charge is 0.495 e. The first-order valence-corrected chi connectivity index (χ1v) is 9.59. The zero-order chi connectivity index (χ0) is 19.3. The van der Waals surface area contributed by atoms with Gasteiger partial charge >= 0.3 is 0 Å². The van der Waals surface area contributed by atoms with Crippen molar-refractivity contribution < 1.29 is 9.53 Å². The maximum atomic E-state index is 13.2. The lowest BCUT2D eigenvalue weighted by Gasteiger charge is -2.37. The Bertz CT molecular complexity index is 948. The van der Waals surface area contributed by atoms with E-state index in [1.165, 1.54) is 0 Å². The monoisotopic (exact) mass is 372 g/mol. The average molecular weight is 372 g/mol. The van der Waals surface area contributed by atoms with Crippen LogP contribution in [-0.2, 0) is 0 Å². The highest BCUT2D eigenvalue weighted by Gasteiger charge is 2.25. The van der Waals surface area contributed by atoms with Gasteiger partial charge in [-0.2, -0.15) is 0 Å². The molecule has 0 spiro atoms. The number of piperazine rings is 1. The minimum Gasteiger partial charge on any atom is -0.495 e. The number of para-hydroxylation sites is 2. The van der Waals surface area contributed by atoms with Crippen molar-refractivity contribution >= 4 is 11.6 Å². The quantitative estimate of drug-likeness (QED) is 0.684. The molecule has 0 bridgehead atoms. The fourth-order valence-corrected chi connectivity index (χ4v) is 3.75. The topological polar surface area (TPSA) is 32.8 Å². The Kier molecular flexibility index (Phi) is 5.29. The zero-order valence-corrected chi connectivity index (χ0v) is 16.0. The van der Waals surface area contributed by atoms with Gasteiger partial charge in [-0.1, -0.05) is 60.7 Å². The van der Waals surface area contributed by atoms with Gasteiger partial charge in [-0.05, 0) is 29.3 Å². The molecule has 0 radical (unpaired) electrons. The molecule has 0 aliphatic carbocycles. The van der Waals surface area contributed by atoms with Crippen LogP contribution in [0.5, 0.6) is 5.75 Å². The van der Waals surface area contributed by atoms with Crippen LogP contribution < -0.4 is 9.64 Å².